The van der Waals surface area contributed by atoms with Crippen LogP contribution in [0, 0.1) is 0 Å². The van der Waals surface area contributed by atoms with Gasteiger partial charge in [-0.3, -0.25) is 4.99 Å². The van der Waals surface area contributed by atoms with Crippen molar-refractivity contribution in [1.29, 1.82) is 0 Å². The van der Waals surface area contributed by atoms with Crippen molar-refractivity contribution in [2.75, 3.05) is 39.5 Å². The molecule has 0 saturated carbocycles. The lowest BCUT2D eigenvalue weighted by Crippen LogP contribution is -2.39. The zero-order chi connectivity index (χ0) is 18.5. The van der Waals surface area contributed by atoms with E-state index in [1.807, 2.05) is 32.9 Å². The molecule has 6 nitrogen and oxygen atoms in total. The molecule has 0 aliphatic heterocycles. The molecule has 0 aliphatic rings. The van der Waals surface area contributed by atoms with Crippen LogP contribution in [0.2, 0.25) is 0 Å². The van der Waals surface area contributed by atoms with Crippen LogP contribution in [-0.2, 0) is 4.74 Å². The monoisotopic (exact) mass is 479 g/mol. The number of nitrogens with one attached hydrogen (secondary N) is 2. The Bertz CT molecular complexity index is 527. The third kappa shape index (κ3) is 8.93. The molecule has 2 N–H and O–H groups in total. The summed E-state index contributed by atoms with van der Waals surface area (Å²) in [6, 6.07) is 6.12. The molecule has 0 heterocycles. The average molecular weight is 479 g/mol. The van der Waals surface area contributed by atoms with E-state index in [-0.39, 0.29) is 30.0 Å². The molecule has 0 fully saturated rings. The number of benzene rings is 1. The lowest BCUT2D eigenvalue weighted by atomic mass is 10.1. The molecule has 1 unspecified atom stereocenters. The smallest absolute Gasteiger partial charge is 0.191 e. The van der Waals surface area contributed by atoms with Gasteiger partial charge in [0.1, 0.15) is 0 Å². The zero-order valence-electron chi connectivity index (χ0n) is 16.6. The van der Waals surface area contributed by atoms with Gasteiger partial charge in [-0.1, -0.05) is 6.07 Å². The second-order valence-electron chi connectivity index (χ2n) is 5.40. The first kappa shape index (κ1) is 24.8. The number of rotatable bonds is 11. The summed E-state index contributed by atoms with van der Waals surface area (Å²) in [7, 11) is 0. The Kier molecular flexibility index (Phi) is 14.2. The van der Waals surface area contributed by atoms with Crippen LogP contribution < -0.4 is 20.1 Å². The number of halogens is 1. The number of hydrogen-bond acceptors (Lipinski definition) is 4. The molecule has 0 amide bonds. The van der Waals surface area contributed by atoms with Gasteiger partial charge in [-0.25, -0.2) is 0 Å². The normalized spacial score (nSPS) is 12.1. The molecular weight excluding hydrogens is 445 g/mol. The fourth-order valence-corrected chi connectivity index (χ4v) is 2.31. The highest BCUT2D eigenvalue weighted by Crippen LogP contribution is 2.30. The van der Waals surface area contributed by atoms with Crippen molar-refractivity contribution in [3.05, 3.63) is 23.8 Å². The van der Waals surface area contributed by atoms with Crippen molar-refractivity contribution in [3.8, 4) is 11.5 Å². The van der Waals surface area contributed by atoms with Crippen molar-refractivity contribution >= 4 is 29.9 Å². The summed E-state index contributed by atoms with van der Waals surface area (Å²) < 4.78 is 16.7. The maximum atomic E-state index is 5.71. The van der Waals surface area contributed by atoms with Gasteiger partial charge in [0.25, 0.3) is 0 Å². The van der Waals surface area contributed by atoms with E-state index in [1.54, 1.807) is 0 Å². The maximum Gasteiger partial charge on any atom is 0.191 e. The predicted molar refractivity (Wildman–Crippen MR) is 118 cm³/mol. The van der Waals surface area contributed by atoms with Crippen LogP contribution in [0.5, 0.6) is 11.5 Å². The third-order valence-electron chi connectivity index (χ3n) is 3.47. The summed E-state index contributed by atoms with van der Waals surface area (Å²) in [6.45, 7) is 14.1. The molecule has 0 aliphatic carbocycles. The Labute approximate surface area is 175 Å². The number of hydrogen-bond donors (Lipinski definition) is 2. The Morgan fingerprint density at radius 3 is 2.35 bits per heavy atom. The van der Waals surface area contributed by atoms with Crippen molar-refractivity contribution in [1.82, 2.24) is 10.6 Å². The Balaban J connectivity index is 0.00000625. The topological polar surface area (TPSA) is 64.1 Å². The van der Waals surface area contributed by atoms with Crippen molar-refractivity contribution in [2.45, 2.75) is 40.7 Å². The Morgan fingerprint density at radius 2 is 1.73 bits per heavy atom. The molecule has 0 radical (unpaired) electrons. The van der Waals surface area contributed by atoms with Crippen LogP contribution in [-0.4, -0.2) is 45.5 Å². The van der Waals surface area contributed by atoms with Crippen LogP contribution in [0.15, 0.2) is 23.2 Å². The van der Waals surface area contributed by atoms with E-state index in [9.17, 15) is 0 Å². The second-order valence-corrected chi connectivity index (χ2v) is 5.40. The first-order chi connectivity index (χ1) is 12.2. The highest BCUT2D eigenvalue weighted by atomic mass is 127. The maximum absolute atomic E-state index is 5.71. The van der Waals surface area contributed by atoms with Crippen molar-refractivity contribution < 1.29 is 14.2 Å². The predicted octanol–water partition coefficient (Wildman–Crippen LogP) is 3.75. The Morgan fingerprint density at radius 1 is 1.04 bits per heavy atom. The lowest BCUT2D eigenvalue weighted by Gasteiger charge is -2.20. The minimum absolute atomic E-state index is 0. The zero-order valence-corrected chi connectivity index (χ0v) is 19.0. The van der Waals surface area contributed by atoms with Crippen LogP contribution in [0.1, 0.15) is 46.2 Å². The first-order valence-corrected chi connectivity index (χ1v) is 9.18. The number of nitrogens with zero attached hydrogens (tertiary/aromatic N) is 1. The fraction of sp³-hybridized carbons (Fsp3) is 0.632. The van der Waals surface area contributed by atoms with Gasteiger partial charge in [-0.05, 0) is 52.3 Å². The van der Waals surface area contributed by atoms with Gasteiger partial charge >= 0.3 is 0 Å². The summed E-state index contributed by atoms with van der Waals surface area (Å²) in [5.41, 5.74) is 1.11. The molecule has 0 spiro atoms. The van der Waals surface area contributed by atoms with Gasteiger partial charge in [-0.15, -0.1) is 24.0 Å². The van der Waals surface area contributed by atoms with Crippen LogP contribution >= 0.6 is 24.0 Å². The molecule has 0 aromatic heterocycles. The standard InChI is InChI=1S/C19H33N3O3.HI/c1-6-20-19(21-12-13-23-7-2)22-15(5)16-10-11-17(24-8-3)18(14-16)25-9-4;/h10-11,14-15H,6-9,12-13H2,1-5H3,(H2,20,21,22);1H. The van der Waals surface area contributed by atoms with Gasteiger partial charge < -0.3 is 24.8 Å². The quantitative estimate of drug-likeness (QED) is 0.219. The summed E-state index contributed by atoms with van der Waals surface area (Å²) in [5, 5.41) is 6.68. The number of guanidine groups is 1. The van der Waals surface area contributed by atoms with E-state index in [1.165, 1.54) is 0 Å². The molecule has 1 aromatic rings. The number of ether oxygens (including phenoxy) is 3. The second kappa shape index (κ2) is 14.9. The van der Waals surface area contributed by atoms with Crippen LogP contribution in [0.25, 0.3) is 0 Å². The van der Waals surface area contributed by atoms with Gasteiger partial charge in [-0.2, -0.15) is 0 Å². The van der Waals surface area contributed by atoms with Gasteiger partial charge in [0.2, 0.25) is 0 Å². The van der Waals surface area contributed by atoms with E-state index < -0.39 is 0 Å². The summed E-state index contributed by atoms with van der Waals surface area (Å²) in [4.78, 5) is 4.54. The van der Waals surface area contributed by atoms with E-state index in [0.29, 0.717) is 33.0 Å². The largest absolute Gasteiger partial charge is 0.490 e. The van der Waals surface area contributed by atoms with Crippen molar-refractivity contribution in [2.24, 2.45) is 4.99 Å². The van der Waals surface area contributed by atoms with E-state index in [4.69, 9.17) is 14.2 Å². The van der Waals surface area contributed by atoms with Gasteiger partial charge in [0.05, 0.1) is 32.4 Å². The molecule has 150 valence electrons. The molecule has 0 bridgehead atoms. The summed E-state index contributed by atoms with van der Waals surface area (Å²) in [5.74, 6) is 2.33. The molecule has 1 aromatic carbocycles. The molecule has 1 atom stereocenters. The molecule has 1 rings (SSSR count). The molecule has 26 heavy (non-hydrogen) atoms. The highest BCUT2D eigenvalue weighted by Gasteiger charge is 2.12. The average Bonchev–Trinajstić information content (AvgIpc) is 2.60. The number of aliphatic imine (C=N–C) groups is 1. The molecule has 7 heteroatoms. The summed E-state index contributed by atoms with van der Waals surface area (Å²) >= 11 is 0. The summed E-state index contributed by atoms with van der Waals surface area (Å²) in [6.07, 6.45) is 0. The molecule has 0 saturated heterocycles. The Hall–Kier alpha value is -1.22. The minimum Gasteiger partial charge on any atom is -0.490 e. The van der Waals surface area contributed by atoms with Crippen LogP contribution in [0.4, 0.5) is 0 Å². The van der Waals surface area contributed by atoms with Crippen molar-refractivity contribution in [3.63, 3.8) is 0 Å². The van der Waals surface area contributed by atoms with Crippen LogP contribution in [0.3, 0.4) is 0 Å². The van der Waals surface area contributed by atoms with Gasteiger partial charge in [0.15, 0.2) is 17.5 Å². The SMILES string of the molecule is CCNC(=NCCOCC)NC(C)c1ccc(OCC)c(OCC)c1.I. The highest BCUT2D eigenvalue weighted by molar-refractivity contribution is 14.0. The lowest BCUT2D eigenvalue weighted by molar-refractivity contribution is 0.155. The fourth-order valence-electron chi connectivity index (χ4n) is 2.31. The van der Waals surface area contributed by atoms with Gasteiger partial charge in [0, 0.05) is 13.2 Å². The first-order valence-electron chi connectivity index (χ1n) is 9.18. The third-order valence-corrected chi connectivity index (χ3v) is 3.47. The van der Waals surface area contributed by atoms with E-state index >= 15 is 0 Å². The van der Waals surface area contributed by atoms with E-state index in [0.717, 1.165) is 29.6 Å². The molecular formula is C19H34IN3O3. The minimum atomic E-state index is 0. The van der Waals surface area contributed by atoms with E-state index in [2.05, 4.69) is 35.5 Å².